The van der Waals surface area contributed by atoms with E-state index in [2.05, 4.69) is 24.2 Å². The molecule has 0 bridgehead atoms. The Morgan fingerprint density at radius 1 is 1.40 bits per heavy atom. The molecule has 1 aromatic rings. The molecule has 0 amide bonds. The fourth-order valence-electron chi connectivity index (χ4n) is 2.97. The van der Waals surface area contributed by atoms with E-state index in [9.17, 15) is 0 Å². The average Bonchev–Trinajstić information content (AvgIpc) is 2.59. The van der Waals surface area contributed by atoms with Gasteiger partial charge in [-0.2, -0.15) is 0 Å². The molecule has 0 aliphatic carbocycles. The van der Waals surface area contributed by atoms with Crippen molar-refractivity contribution in [1.82, 2.24) is 5.32 Å². The van der Waals surface area contributed by atoms with Gasteiger partial charge in [-0.05, 0) is 37.0 Å². The molecule has 0 radical (unpaired) electrons. The molecule has 1 heterocycles. The van der Waals surface area contributed by atoms with Crippen LogP contribution in [0.4, 0.5) is 0 Å². The van der Waals surface area contributed by atoms with E-state index in [1.165, 1.54) is 0 Å². The van der Waals surface area contributed by atoms with Crippen molar-refractivity contribution in [1.29, 1.82) is 0 Å². The first-order chi connectivity index (χ1) is 11.5. The summed E-state index contributed by atoms with van der Waals surface area (Å²) in [5.74, 6) is 1.84. The summed E-state index contributed by atoms with van der Waals surface area (Å²) in [6.07, 6.45) is 1.73. The molecular formula is C18H29ClIN3O2. The molecular weight excluding hydrogens is 453 g/mol. The normalized spacial score (nSPS) is 17.1. The van der Waals surface area contributed by atoms with E-state index in [1.54, 1.807) is 7.11 Å². The van der Waals surface area contributed by atoms with E-state index >= 15 is 0 Å². The first-order valence-corrected chi connectivity index (χ1v) is 8.80. The third-order valence-electron chi connectivity index (χ3n) is 4.43. The van der Waals surface area contributed by atoms with Crippen LogP contribution in [0.15, 0.2) is 23.2 Å². The van der Waals surface area contributed by atoms with Crippen molar-refractivity contribution in [2.75, 3.05) is 33.4 Å². The molecule has 1 aliphatic heterocycles. The molecule has 7 heteroatoms. The summed E-state index contributed by atoms with van der Waals surface area (Å²) in [7, 11) is 1.68. The molecule has 0 saturated carbocycles. The van der Waals surface area contributed by atoms with Gasteiger partial charge in [0.2, 0.25) is 0 Å². The Kier molecular flexibility index (Phi) is 9.30. The molecule has 3 N–H and O–H groups in total. The summed E-state index contributed by atoms with van der Waals surface area (Å²) < 4.78 is 11.1. The Labute approximate surface area is 172 Å². The quantitative estimate of drug-likeness (QED) is 0.370. The van der Waals surface area contributed by atoms with Crippen molar-refractivity contribution in [2.45, 2.75) is 32.1 Å². The van der Waals surface area contributed by atoms with Crippen LogP contribution < -0.4 is 15.8 Å². The van der Waals surface area contributed by atoms with Crippen molar-refractivity contribution in [3.05, 3.63) is 28.8 Å². The van der Waals surface area contributed by atoms with Gasteiger partial charge in [0, 0.05) is 35.8 Å². The summed E-state index contributed by atoms with van der Waals surface area (Å²) in [5.41, 5.74) is 6.94. The third-order valence-corrected chi connectivity index (χ3v) is 4.66. The van der Waals surface area contributed by atoms with E-state index in [-0.39, 0.29) is 29.4 Å². The number of ether oxygens (including phenoxy) is 2. The Morgan fingerprint density at radius 3 is 2.68 bits per heavy atom. The van der Waals surface area contributed by atoms with Crippen LogP contribution >= 0.6 is 35.6 Å². The summed E-state index contributed by atoms with van der Waals surface area (Å²) in [6, 6.07) is 5.75. The predicted octanol–water partition coefficient (Wildman–Crippen LogP) is 3.58. The SMILES string of the molecule is COc1ccc(Cl)cc1C1(CN=C(N)NCC(C)C)CCOCC1.I. The van der Waals surface area contributed by atoms with Gasteiger partial charge >= 0.3 is 0 Å². The third kappa shape index (κ3) is 6.18. The van der Waals surface area contributed by atoms with Crippen molar-refractivity contribution in [2.24, 2.45) is 16.6 Å². The second-order valence-electron chi connectivity index (χ2n) is 6.71. The van der Waals surface area contributed by atoms with E-state index in [1.807, 2.05) is 18.2 Å². The van der Waals surface area contributed by atoms with E-state index < -0.39 is 0 Å². The lowest BCUT2D eigenvalue weighted by atomic mass is 9.73. The highest BCUT2D eigenvalue weighted by Crippen LogP contribution is 2.41. The monoisotopic (exact) mass is 481 g/mol. The summed E-state index contributed by atoms with van der Waals surface area (Å²) >= 11 is 6.24. The van der Waals surface area contributed by atoms with Crippen molar-refractivity contribution < 1.29 is 9.47 Å². The summed E-state index contributed by atoms with van der Waals surface area (Å²) in [5, 5.41) is 3.87. The number of hydrogen-bond acceptors (Lipinski definition) is 3. The van der Waals surface area contributed by atoms with Crippen LogP contribution in [0.1, 0.15) is 32.3 Å². The molecule has 25 heavy (non-hydrogen) atoms. The maximum Gasteiger partial charge on any atom is 0.188 e. The molecule has 0 unspecified atom stereocenters. The Hall–Kier alpha value is -0.730. The Bertz CT molecular complexity index is 575. The van der Waals surface area contributed by atoms with E-state index in [0.29, 0.717) is 36.7 Å². The zero-order valence-electron chi connectivity index (χ0n) is 15.2. The standard InChI is InChI=1S/C18H28ClN3O2.HI/c1-13(2)11-21-17(20)22-12-18(6-8-24-9-7-18)15-10-14(19)4-5-16(15)23-3;/h4-5,10,13H,6-9,11-12H2,1-3H3,(H3,20,21,22);1H. The van der Waals surface area contributed by atoms with Gasteiger partial charge in [-0.1, -0.05) is 25.4 Å². The number of benzene rings is 1. The van der Waals surface area contributed by atoms with Gasteiger partial charge < -0.3 is 20.5 Å². The smallest absolute Gasteiger partial charge is 0.188 e. The van der Waals surface area contributed by atoms with Gasteiger partial charge in [-0.25, -0.2) is 0 Å². The van der Waals surface area contributed by atoms with Gasteiger partial charge in [0.1, 0.15) is 5.75 Å². The number of nitrogens with two attached hydrogens (primary N) is 1. The highest BCUT2D eigenvalue weighted by Gasteiger charge is 2.37. The van der Waals surface area contributed by atoms with Crippen LogP contribution in [0.2, 0.25) is 5.02 Å². The highest BCUT2D eigenvalue weighted by atomic mass is 127. The molecule has 1 aliphatic rings. The van der Waals surface area contributed by atoms with Gasteiger partial charge in [0.25, 0.3) is 0 Å². The van der Waals surface area contributed by atoms with Crippen molar-refractivity contribution in [3.8, 4) is 5.75 Å². The minimum atomic E-state index is -0.168. The van der Waals surface area contributed by atoms with Crippen LogP contribution in [0, 0.1) is 5.92 Å². The van der Waals surface area contributed by atoms with Gasteiger partial charge in [-0.3, -0.25) is 4.99 Å². The van der Waals surface area contributed by atoms with E-state index in [0.717, 1.165) is 30.7 Å². The first-order valence-electron chi connectivity index (χ1n) is 8.42. The topological polar surface area (TPSA) is 68.9 Å². The number of nitrogens with one attached hydrogen (secondary N) is 1. The molecule has 2 rings (SSSR count). The summed E-state index contributed by atoms with van der Waals surface area (Å²) in [6.45, 7) is 7.07. The largest absolute Gasteiger partial charge is 0.496 e. The lowest BCUT2D eigenvalue weighted by molar-refractivity contribution is 0.0523. The molecule has 0 atom stereocenters. The Morgan fingerprint density at radius 2 is 2.08 bits per heavy atom. The molecule has 1 saturated heterocycles. The van der Waals surface area contributed by atoms with Gasteiger partial charge in [0.15, 0.2) is 5.96 Å². The van der Waals surface area contributed by atoms with Gasteiger partial charge in [0.05, 0.1) is 13.7 Å². The number of rotatable bonds is 6. The number of halogens is 2. The predicted molar refractivity (Wildman–Crippen MR) is 114 cm³/mol. The molecule has 142 valence electrons. The van der Waals surface area contributed by atoms with Crippen LogP contribution in [0.25, 0.3) is 0 Å². The fourth-order valence-corrected chi connectivity index (χ4v) is 3.14. The zero-order chi connectivity index (χ0) is 17.6. The maximum absolute atomic E-state index is 6.24. The molecule has 5 nitrogen and oxygen atoms in total. The van der Waals surface area contributed by atoms with Crippen LogP contribution in [-0.2, 0) is 10.2 Å². The second-order valence-corrected chi connectivity index (χ2v) is 7.15. The lowest BCUT2D eigenvalue weighted by Crippen LogP contribution is -2.40. The minimum absolute atomic E-state index is 0. The lowest BCUT2D eigenvalue weighted by Gasteiger charge is -2.37. The highest BCUT2D eigenvalue weighted by molar-refractivity contribution is 14.0. The van der Waals surface area contributed by atoms with E-state index in [4.69, 9.17) is 26.8 Å². The summed E-state index contributed by atoms with van der Waals surface area (Å²) in [4.78, 5) is 4.60. The number of nitrogens with zero attached hydrogens (tertiary/aromatic N) is 1. The molecule has 0 aromatic heterocycles. The minimum Gasteiger partial charge on any atom is -0.496 e. The number of hydrogen-bond donors (Lipinski definition) is 2. The molecule has 0 spiro atoms. The number of methoxy groups -OCH3 is 1. The molecule has 1 fully saturated rings. The number of aliphatic imine (C=N–C) groups is 1. The van der Waals surface area contributed by atoms with Crippen LogP contribution in [-0.4, -0.2) is 39.4 Å². The zero-order valence-corrected chi connectivity index (χ0v) is 18.3. The van der Waals surface area contributed by atoms with Crippen LogP contribution in [0.3, 0.4) is 0 Å². The second kappa shape index (κ2) is 10.4. The number of guanidine groups is 1. The van der Waals surface area contributed by atoms with Gasteiger partial charge in [-0.15, -0.1) is 24.0 Å². The van der Waals surface area contributed by atoms with Crippen molar-refractivity contribution >= 4 is 41.5 Å². The van der Waals surface area contributed by atoms with Crippen LogP contribution in [0.5, 0.6) is 5.75 Å². The fraction of sp³-hybridized carbons (Fsp3) is 0.611. The maximum atomic E-state index is 6.24. The first kappa shape index (κ1) is 22.3. The molecule has 1 aromatic carbocycles. The average molecular weight is 482 g/mol. The van der Waals surface area contributed by atoms with Crippen molar-refractivity contribution in [3.63, 3.8) is 0 Å². The Balaban J connectivity index is 0.00000312.